The summed E-state index contributed by atoms with van der Waals surface area (Å²) < 4.78 is 28.3. The van der Waals surface area contributed by atoms with Gasteiger partial charge in [-0.2, -0.15) is 0 Å². The van der Waals surface area contributed by atoms with Crippen LogP contribution in [0.15, 0.2) is 53.9 Å². The molecule has 2 aromatic rings. The summed E-state index contributed by atoms with van der Waals surface area (Å²) in [4.78, 5) is 12.7. The summed E-state index contributed by atoms with van der Waals surface area (Å²) in [5.41, 5.74) is 3.59. The second-order valence-corrected chi connectivity index (χ2v) is 9.12. The maximum absolute atomic E-state index is 12.8. The predicted molar refractivity (Wildman–Crippen MR) is 112 cm³/mol. The Morgan fingerprint density at radius 1 is 1.07 bits per heavy atom. The summed E-state index contributed by atoms with van der Waals surface area (Å²) in [7, 11) is -3.68. The van der Waals surface area contributed by atoms with Gasteiger partial charge in [0.1, 0.15) is 0 Å². The normalized spacial score (nSPS) is 15.0. The van der Waals surface area contributed by atoms with Gasteiger partial charge in [0, 0.05) is 12.2 Å². The number of hydrogen-bond donors (Lipinski definition) is 2. The van der Waals surface area contributed by atoms with Crippen molar-refractivity contribution >= 4 is 21.6 Å². The van der Waals surface area contributed by atoms with Gasteiger partial charge in [-0.1, -0.05) is 24.3 Å². The molecule has 28 heavy (non-hydrogen) atoms. The molecule has 0 aliphatic heterocycles. The van der Waals surface area contributed by atoms with Crippen molar-refractivity contribution in [2.45, 2.75) is 43.9 Å². The molecule has 5 nitrogen and oxygen atoms in total. The molecule has 0 spiro atoms. The van der Waals surface area contributed by atoms with Gasteiger partial charge in [0.25, 0.3) is 10.0 Å². The van der Waals surface area contributed by atoms with Gasteiger partial charge in [-0.15, -0.1) is 6.58 Å². The lowest BCUT2D eigenvalue weighted by molar-refractivity contribution is -0.123. The van der Waals surface area contributed by atoms with Crippen LogP contribution in [0, 0.1) is 20.8 Å². The lowest BCUT2D eigenvalue weighted by Gasteiger charge is -2.16. The maximum atomic E-state index is 12.8. The molecular formula is C22H26N2O3S. The molecular weight excluding hydrogens is 372 g/mol. The van der Waals surface area contributed by atoms with E-state index >= 15 is 0 Å². The van der Waals surface area contributed by atoms with Gasteiger partial charge in [0.15, 0.2) is 0 Å². The summed E-state index contributed by atoms with van der Waals surface area (Å²) in [6.45, 7) is 9.71. The van der Waals surface area contributed by atoms with E-state index in [-0.39, 0.29) is 10.8 Å². The van der Waals surface area contributed by atoms with Crippen LogP contribution in [-0.4, -0.2) is 20.9 Å². The van der Waals surface area contributed by atoms with E-state index in [4.69, 9.17) is 0 Å². The summed E-state index contributed by atoms with van der Waals surface area (Å²) >= 11 is 0. The van der Waals surface area contributed by atoms with Crippen molar-refractivity contribution in [1.29, 1.82) is 0 Å². The zero-order valence-electron chi connectivity index (χ0n) is 16.5. The quantitative estimate of drug-likeness (QED) is 0.698. The number of sulfonamides is 1. The first-order chi connectivity index (χ1) is 13.2. The minimum absolute atomic E-state index is 0.00788. The Kier molecular flexibility index (Phi) is 5.35. The summed E-state index contributed by atoms with van der Waals surface area (Å²) in [6, 6.07) is 10.7. The number of carbonyl (C=O) groups excluding carboxylic acids is 1. The number of carbonyl (C=O) groups is 1. The van der Waals surface area contributed by atoms with Crippen molar-refractivity contribution in [3.05, 3.63) is 71.3 Å². The topological polar surface area (TPSA) is 75.3 Å². The lowest BCUT2D eigenvalue weighted by atomic mass is 9.95. The third kappa shape index (κ3) is 3.83. The van der Waals surface area contributed by atoms with Crippen LogP contribution in [-0.2, 0) is 20.2 Å². The first-order valence-electron chi connectivity index (χ1n) is 9.30. The molecule has 1 fully saturated rings. The molecule has 0 aromatic heterocycles. The van der Waals surface area contributed by atoms with Crippen LogP contribution >= 0.6 is 0 Å². The highest BCUT2D eigenvalue weighted by Crippen LogP contribution is 2.48. The second kappa shape index (κ2) is 7.43. The first kappa shape index (κ1) is 20.1. The molecule has 1 amide bonds. The minimum atomic E-state index is -3.68. The van der Waals surface area contributed by atoms with Crippen LogP contribution in [0.4, 0.5) is 5.69 Å². The summed E-state index contributed by atoms with van der Waals surface area (Å²) in [6.07, 6.45) is 3.24. The van der Waals surface area contributed by atoms with E-state index in [1.807, 2.05) is 32.0 Å². The highest BCUT2D eigenvalue weighted by atomic mass is 32.2. The molecule has 3 rings (SSSR count). The molecule has 0 heterocycles. The lowest BCUT2D eigenvalue weighted by Crippen LogP contribution is -2.34. The molecule has 2 aromatic carbocycles. The van der Waals surface area contributed by atoms with Crippen molar-refractivity contribution in [3.8, 4) is 0 Å². The average Bonchev–Trinajstić information content (AvgIpc) is 3.45. The van der Waals surface area contributed by atoms with E-state index in [0.29, 0.717) is 17.8 Å². The molecule has 1 saturated carbocycles. The highest BCUT2D eigenvalue weighted by Gasteiger charge is 2.50. The van der Waals surface area contributed by atoms with E-state index in [0.717, 1.165) is 29.5 Å². The minimum Gasteiger partial charge on any atom is -0.352 e. The van der Waals surface area contributed by atoms with Crippen LogP contribution in [0.5, 0.6) is 0 Å². The van der Waals surface area contributed by atoms with Gasteiger partial charge in [0.2, 0.25) is 5.91 Å². The van der Waals surface area contributed by atoms with E-state index in [2.05, 4.69) is 16.6 Å². The number of rotatable bonds is 7. The summed E-state index contributed by atoms with van der Waals surface area (Å²) in [5, 5.41) is 2.86. The molecule has 0 atom stereocenters. The Hall–Kier alpha value is -2.60. The van der Waals surface area contributed by atoms with Crippen molar-refractivity contribution in [3.63, 3.8) is 0 Å². The molecule has 0 radical (unpaired) electrons. The van der Waals surface area contributed by atoms with Gasteiger partial charge in [-0.25, -0.2) is 8.42 Å². The fraction of sp³-hybridized carbons (Fsp3) is 0.318. The molecule has 148 valence electrons. The second-order valence-electron chi connectivity index (χ2n) is 7.47. The Labute approximate surface area is 166 Å². The smallest absolute Gasteiger partial charge is 0.262 e. The number of amides is 1. The van der Waals surface area contributed by atoms with Crippen LogP contribution in [0.1, 0.15) is 35.1 Å². The third-order valence-electron chi connectivity index (χ3n) is 5.36. The van der Waals surface area contributed by atoms with Crippen LogP contribution in [0.2, 0.25) is 0 Å². The standard InChI is InChI=1S/C22H26N2O3S/c1-5-12-23-21(25)22(10-11-22)18-6-8-19(9-7-18)24-28(26,27)20-14-16(3)15(2)13-17(20)4/h5-9,13-14,24H,1,10-12H2,2-4H3,(H,23,25). The molecule has 1 aliphatic carbocycles. The highest BCUT2D eigenvalue weighted by molar-refractivity contribution is 7.92. The fourth-order valence-corrected chi connectivity index (χ4v) is 4.77. The van der Waals surface area contributed by atoms with Crippen LogP contribution < -0.4 is 10.0 Å². The Bertz CT molecular complexity index is 1020. The SMILES string of the molecule is C=CCNC(=O)C1(c2ccc(NS(=O)(=O)c3cc(C)c(C)cc3C)cc2)CC1. The molecule has 2 N–H and O–H groups in total. The van der Waals surface area contributed by atoms with E-state index in [1.54, 1.807) is 31.2 Å². The number of aryl methyl sites for hydroxylation is 3. The van der Waals surface area contributed by atoms with E-state index in [1.165, 1.54) is 0 Å². The van der Waals surface area contributed by atoms with Crippen LogP contribution in [0.25, 0.3) is 0 Å². The van der Waals surface area contributed by atoms with E-state index in [9.17, 15) is 13.2 Å². The Balaban J connectivity index is 1.80. The van der Waals surface area contributed by atoms with Gasteiger partial charge in [-0.05, 0) is 74.1 Å². The zero-order chi connectivity index (χ0) is 20.5. The average molecular weight is 399 g/mol. The van der Waals surface area contributed by atoms with Gasteiger partial charge < -0.3 is 5.32 Å². The van der Waals surface area contributed by atoms with E-state index < -0.39 is 15.4 Å². The number of anilines is 1. The van der Waals surface area contributed by atoms with Crippen LogP contribution in [0.3, 0.4) is 0 Å². The number of benzene rings is 2. The third-order valence-corrected chi connectivity index (χ3v) is 6.89. The zero-order valence-corrected chi connectivity index (χ0v) is 17.3. The van der Waals surface area contributed by atoms with Gasteiger partial charge >= 0.3 is 0 Å². The summed E-state index contributed by atoms with van der Waals surface area (Å²) in [5.74, 6) is -0.00788. The molecule has 6 heteroatoms. The van der Waals surface area contributed by atoms with Crippen molar-refractivity contribution in [1.82, 2.24) is 5.32 Å². The maximum Gasteiger partial charge on any atom is 0.262 e. The van der Waals surface area contributed by atoms with Gasteiger partial charge in [-0.3, -0.25) is 9.52 Å². The number of hydrogen-bond acceptors (Lipinski definition) is 3. The Morgan fingerprint density at radius 2 is 1.68 bits per heavy atom. The largest absolute Gasteiger partial charge is 0.352 e. The molecule has 0 unspecified atom stereocenters. The molecule has 1 aliphatic rings. The predicted octanol–water partition coefficient (Wildman–Crippen LogP) is 3.75. The molecule has 0 saturated heterocycles. The monoisotopic (exact) mass is 398 g/mol. The van der Waals surface area contributed by atoms with Crippen molar-refractivity contribution in [2.75, 3.05) is 11.3 Å². The number of nitrogens with one attached hydrogen (secondary N) is 2. The van der Waals surface area contributed by atoms with Gasteiger partial charge in [0.05, 0.1) is 10.3 Å². The first-order valence-corrected chi connectivity index (χ1v) is 10.8. The Morgan fingerprint density at radius 3 is 2.25 bits per heavy atom. The van der Waals surface area contributed by atoms with Crippen molar-refractivity contribution < 1.29 is 13.2 Å². The fourth-order valence-electron chi connectivity index (χ4n) is 3.40. The molecule has 0 bridgehead atoms. The van der Waals surface area contributed by atoms with Crippen molar-refractivity contribution in [2.24, 2.45) is 0 Å².